The van der Waals surface area contributed by atoms with Gasteiger partial charge in [-0.15, -0.1) is 0 Å². The first-order valence-electron chi connectivity index (χ1n) is 10.1. The molecule has 0 aromatic heterocycles. The van der Waals surface area contributed by atoms with Crippen LogP contribution in [0.3, 0.4) is 0 Å². The third-order valence-electron chi connectivity index (χ3n) is 5.59. The van der Waals surface area contributed by atoms with Crippen molar-refractivity contribution in [2.24, 2.45) is 4.99 Å². The predicted molar refractivity (Wildman–Crippen MR) is 108 cm³/mol. The number of hydrogen-bond acceptors (Lipinski definition) is 3. The van der Waals surface area contributed by atoms with Crippen molar-refractivity contribution in [1.82, 2.24) is 15.5 Å². The van der Waals surface area contributed by atoms with Crippen molar-refractivity contribution in [2.75, 3.05) is 27.2 Å². The Labute approximate surface area is 158 Å². The zero-order valence-corrected chi connectivity index (χ0v) is 16.7. The van der Waals surface area contributed by atoms with Crippen molar-refractivity contribution >= 4 is 5.96 Å². The van der Waals surface area contributed by atoms with Gasteiger partial charge in [-0.2, -0.15) is 0 Å². The molecule has 5 heteroatoms. The van der Waals surface area contributed by atoms with Gasteiger partial charge in [-0.05, 0) is 57.8 Å². The number of aryl methyl sites for hydroxylation is 1. The first-order chi connectivity index (χ1) is 12.6. The molecule has 26 heavy (non-hydrogen) atoms. The van der Waals surface area contributed by atoms with Crippen LogP contribution in [0.15, 0.2) is 29.3 Å². The van der Waals surface area contributed by atoms with E-state index < -0.39 is 0 Å². The Morgan fingerprint density at radius 2 is 2.00 bits per heavy atom. The minimum absolute atomic E-state index is 0.271. The summed E-state index contributed by atoms with van der Waals surface area (Å²) in [4.78, 5) is 7.14. The van der Waals surface area contributed by atoms with Crippen LogP contribution in [-0.4, -0.2) is 56.3 Å². The van der Waals surface area contributed by atoms with Crippen LogP contribution in [0.5, 0.6) is 0 Å². The van der Waals surface area contributed by atoms with E-state index >= 15 is 0 Å². The summed E-state index contributed by atoms with van der Waals surface area (Å²) < 4.78 is 5.97. The average Bonchev–Trinajstić information content (AvgIpc) is 3.25. The second kappa shape index (κ2) is 8.87. The van der Waals surface area contributed by atoms with E-state index in [0.29, 0.717) is 18.2 Å². The highest BCUT2D eigenvalue weighted by atomic mass is 16.5. The molecule has 1 aromatic carbocycles. The molecule has 0 saturated carbocycles. The molecule has 2 aliphatic heterocycles. The first kappa shape index (κ1) is 19.2. The topological polar surface area (TPSA) is 48.9 Å². The maximum Gasteiger partial charge on any atom is 0.191 e. The Morgan fingerprint density at radius 1 is 1.23 bits per heavy atom. The number of benzene rings is 1. The monoisotopic (exact) mass is 358 g/mol. The molecule has 2 fully saturated rings. The zero-order chi connectivity index (χ0) is 18.5. The molecule has 2 N–H and O–H groups in total. The molecule has 3 rings (SSSR count). The smallest absolute Gasteiger partial charge is 0.191 e. The fourth-order valence-corrected chi connectivity index (χ4v) is 4.01. The maximum absolute atomic E-state index is 5.97. The summed E-state index contributed by atoms with van der Waals surface area (Å²) in [5.74, 6) is 0.908. The molecular weight excluding hydrogens is 324 g/mol. The van der Waals surface area contributed by atoms with Crippen LogP contribution in [0.4, 0.5) is 0 Å². The van der Waals surface area contributed by atoms with Crippen LogP contribution in [-0.2, 0) is 11.2 Å². The van der Waals surface area contributed by atoms with Gasteiger partial charge in [0.05, 0.1) is 30.8 Å². The summed E-state index contributed by atoms with van der Waals surface area (Å²) in [5, 5.41) is 7.01. The van der Waals surface area contributed by atoms with Gasteiger partial charge in [0.25, 0.3) is 0 Å². The summed E-state index contributed by atoms with van der Waals surface area (Å²) in [5.41, 5.74) is 2.69. The molecule has 0 spiro atoms. The van der Waals surface area contributed by atoms with Crippen LogP contribution in [0.2, 0.25) is 0 Å². The van der Waals surface area contributed by atoms with Crippen molar-refractivity contribution < 1.29 is 4.74 Å². The van der Waals surface area contributed by atoms with Gasteiger partial charge in [0.1, 0.15) is 0 Å². The highest BCUT2D eigenvalue weighted by molar-refractivity contribution is 5.80. The molecule has 144 valence electrons. The number of aliphatic imine (C=N–C) groups is 1. The van der Waals surface area contributed by atoms with Crippen molar-refractivity contribution in [1.29, 1.82) is 0 Å². The SMILES string of the molecule is CCNC(=NCC(c1ccc(CC)cc1)N(C)C)NC1CC2CCC1O2. The van der Waals surface area contributed by atoms with Gasteiger partial charge in [-0.25, -0.2) is 0 Å². The summed E-state index contributed by atoms with van der Waals surface area (Å²) in [7, 11) is 4.25. The highest BCUT2D eigenvalue weighted by Gasteiger charge is 2.41. The number of nitrogens with one attached hydrogen (secondary N) is 2. The van der Waals surface area contributed by atoms with E-state index in [4.69, 9.17) is 9.73 Å². The van der Waals surface area contributed by atoms with Gasteiger partial charge in [0, 0.05) is 6.54 Å². The van der Waals surface area contributed by atoms with Crippen LogP contribution in [0, 0.1) is 0 Å². The Hall–Kier alpha value is -1.59. The summed E-state index contributed by atoms with van der Waals surface area (Å²) in [6, 6.07) is 9.60. The van der Waals surface area contributed by atoms with Crippen LogP contribution < -0.4 is 10.6 Å². The Balaban J connectivity index is 1.66. The normalized spacial score (nSPS) is 26.3. The quantitative estimate of drug-likeness (QED) is 0.581. The van der Waals surface area contributed by atoms with Crippen molar-refractivity contribution in [3.8, 4) is 0 Å². The number of likely N-dealkylation sites (N-methyl/N-ethyl adjacent to an activating group) is 1. The van der Waals surface area contributed by atoms with E-state index in [1.54, 1.807) is 0 Å². The van der Waals surface area contributed by atoms with E-state index in [-0.39, 0.29) is 6.04 Å². The fourth-order valence-electron chi connectivity index (χ4n) is 4.01. The van der Waals surface area contributed by atoms with Gasteiger partial charge in [-0.3, -0.25) is 4.99 Å². The lowest BCUT2D eigenvalue weighted by molar-refractivity contribution is 0.0992. The van der Waals surface area contributed by atoms with Gasteiger partial charge in [-0.1, -0.05) is 31.2 Å². The highest BCUT2D eigenvalue weighted by Crippen LogP contribution is 2.34. The molecule has 0 radical (unpaired) electrons. The fraction of sp³-hybridized carbons (Fsp3) is 0.667. The summed E-state index contributed by atoms with van der Waals surface area (Å²) >= 11 is 0. The summed E-state index contributed by atoms with van der Waals surface area (Å²) in [6.07, 6.45) is 5.37. The molecule has 1 aromatic rings. The number of hydrogen-bond donors (Lipinski definition) is 2. The van der Waals surface area contributed by atoms with Gasteiger partial charge >= 0.3 is 0 Å². The van der Waals surface area contributed by atoms with E-state index in [1.807, 2.05) is 0 Å². The molecule has 2 aliphatic rings. The van der Waals surface area contributed by atoms with Gasteiger partial charge < -0.3 is 20.3 Å². The molecule has 0 aliphatic carbocycles. The first-order valence-corrected chi connectivity index (χ1v) is 10.1. The van der Waals surface area contributed by atoms with E-state index in [2.05, 4.69) is 67.7 Å². The number of rotatable bonds is 7. The second-order valence-corrected chi connectivity index (χ2v) is 7.65. The zero-order valence-electron chi connectivity index (χ0n) is 16.7. The summed E-state index contributed by atoms with van der Waals surface area (Å²) in [6.45, 7) is 5.90. The number of nitrogens with zero attached hydrogens (tertiary/aromatic N) is 2. The Kier molecular flexibility index (Phi) is 6.54. The molecule has 2 heterocycles. The molecule has 4 atom stereocenters. The van der Waals surface area contributed by atoms with Crippen LogP contribution in [0.1, 0.15) is 50.3 Å². The molecule has 2 bridgehead atoms. The molecule has 5 nitrogen and oxygen atoms in total. The largest absolute Gasteiger partial charge is 0.373 e. The number of ether oxygens (including phenoxy) is 1. The van der Waals surface area contributed by atoms with E-state index in [0.717, 1.165) is 31.9 Å². The van der Waals surface area contributed by atoms with E-state index in [1.165, 1.54) is 24.0 Å². The van der Waals surface area contributed by atoms with Crippen LogP contribution in [0.25, 0.3) is 0 Å². The minimum atomic E-state index is 0.271. The minimum Gasteiger partial charge on any atom is -0.373 e. The molecule has 0 amide bonds. The third kappa shape index (κ3) is 4.57. The second-order valence-electron chi connectivity index (χ2n) is 7.65. The van der Waals surface area contributed by atoms with Gasteiger partial charge in [0.2, 0.25) is 0 Å². The maximum atomic E-state index is 5.97. The lowest BCUT2D eigenvalue weighted by atomic mass is 9.96. The number of fused-ring (bicyclic) bond motifs is 2. The Morgan fingerprint density at radius 3 is 2.54 bits per heavy atom. The predicted octanol–water partition coefficient (Wildman–Crippen LogP) is 2.73. The average molecular weight is 359 g/mol. The van der Waals surface area contributed by atoms with Gasteiger partial charge in [0.15, 0.2) is 5.96 Å². The Bertz CT molecular complexity index is 599. The van der Waals surface area contributed by atoms with Crippen molar-refractivity contribution in [3.63, 3.8) is 0 Å². The molecule has 4 unspecified atom stereocenters. The lowest BCUT2D eigenvalue weighted by Gasteiger charge is -2.26. The van der Waals surface area contributed by atoms with Crippen molar-refractivity contribution in [2.45, 2.75) is 63.8 Å². The van der Waals surface area contributed by atoms with E-state index in [9.17, 15) is 0 Å². The molecule has 2 saturated heterocycles. The standard InChI is InChI=1S/C21H34N4O/c1-5-15-7-9-16(10-8-15)19(25(3)4)14-23-21(22-6-2)24-18-13-17-11-12-20(18)26-17/h7-10,17-20H,5-6,11-14H2,1-4H3,(H2,22,23,24). The van der Waals surface area contributed by atoms with Crippen LogP contribution >= 0.6 is 0 Å². The number of guanidine groups is 1. The van der Waals surface area contributed by atoms with Crippen molar-refractivity contribution in [3.05, 3.63) is 35.4 Å². The lowest BCUT2D eigenvalue weighted by Crippen LogP contribution is -2.47. The molecular formula is C21H34N4O. The third-order valence-corrected chi connectivity index (χ3v) is 5.59.